The summed E-state index contributed by atoms with van der Waals surface area (Å²) in [5.41, 5.74) is 9.47. The average Bonchev–Trinajstić information content (AvgIpc) is 3.50. The molecule has 7 heteroatoms. The first kappa shape index (κ1) is 22.2. The van der Waals surface area contributed by atoms with Crippen molar-refractivity contribution in [2.75, 3.05) is 32.4 Å². The van der Waals surface area contributed by atoms with Crippen LogP contribution in [-0.4, -0.2) is 60.0 Å². The Balaban J connectivity index is 1.18. The van der Waals surface area contributed by atoms with E-state index in [1.807, 2.05) is 12.4 Å². The quantitative estimate of drug-likeness (QED) is 0.459. The van der Waals surface area contributed by atoms with Crippen LogP contribution in [0.15, 0.2) is 73.1 Å². The fourth-order valence-corrected chi connectivity index (χ4v) is 5.96. The number of hydrogen-bond acceptors (Lipinski definition) is 4. The molecule has 0 unspecified atom stereocenters. The molecule has 1 saturated heterocycles. The number of rotatable bonds is 5. The van der Waals surface area contributed by atoms with Gasteiger partial charge in [-0.05, 0) is 51.9 Å². The van der Waals surface area contributed by atoms with Gasteiger partial charge in [0.1, 0.15) is 0 Å². The number of benzene rings is 2. The summed E-state index contributed by atoms with van der Waals surface area (Å²) >= 11 is 0. The Morgan fingerprint density at radius 3 is 2.46 bits per heavy atom. The van der Waals surface area contributed by atoms with Gasteiger partial charge in [-0.2, -0.15) is 4.31 Å². The fourth-order valence-electron chi connectivity index (χ4n) is 5.13. The number of H-pyrrole nitrogens is 1. The first-order valence-corrected chi connectivity index (χ1v) is 13.8. The maximum absolute atomic E-state index is 11.7. The summed E-state index contributed by atoms with van der Waals surface area (Å²) in [6.45, 7) is 3.46. The summed E-state index contributed by atoms with van der Waals surface area (Å²) in [6, 6.07) is 19.6. The third kappa shape index (κ3) is 4.43. The molecule has 0 radical (unpaired) electrons. The number of nitrogens with one attached hydrogen (secondary N) is 1. The minimum atomic E-state index is -3.10. The molecule has 0 atom stereocenters. The van der Waals surface area contributed by atoms with Crippen LogP contribution in [0.4, 0.5) is 0 Å². The van der Waals surface area contributed by atoms with Gasteiger partial charge in [0.2, 0.25) is 10.0 Å². The zero-order chi connectivity index (χ0) is 24.0. The van der Waals surface area contributed by atoms with Crippen molar-refractivity contribution in [3.05, 3.63) is 95.5 Å². The number of fused-ring (bicyclic) bond motifs is 2. The van der Waals surface area contributed by atoms with Crippen LogP contribution in [0.3, 0.4) is 0 Å². The number of hydrogen-bond donors (Lipinski definition) is 1. The van der Waals surface area contributed by atoms with Crippen LogP contribution in [0.2, 0.25) is 0 Å². The van der Waals surface area contributed by atoms with Crippen molar-refractivity contribution in [2.24, 2.45) is 0 Å². The molecule has 0 bridgehead atoms. The van der Waals surface area contributed by atoms with Crippen molar-refractivity contribution >= 4 is 26.5 Å². The average molecular weight is 485 g/mol. The molecule has 0 saturated carbocycles. The van der Waals surface area contributed by atoms with E-state index in [1.165, 1.54) is 33.9 Å². The third-order valence-electron chi connectivity index (χ3n) is 7.12. The second-order valence-corrected chi connectivity index (χ2v) is 11.4. The summed E-state index contributed by atoms with van der Waals surface area (Å²) in [7, 11) is -3.10. The first-order valence-electron chi connectivity index (χ1n) is 12.0. The van der Waals surface area contributed by atoms with Crippen LogP contribution in [-0.2, 0) is 23.0 Å². The number of sulfonamides is 1. The van der Waals surface area contributed by atoms with E-state index in [-0.39, 0.29) is 0 Å². The number of allylic oxidation sites excluding steroid dienone is 1. The molecule has 4 aromatic rings. The maximum atomic E-state index is 11.7. The zero-order valence-corrected chi connectivity index (χ0v) is 20.6. The molecule has 3 heterocycles. The normalized spacial score (nSPS) is 17.0. The van der Waals surface area contributed by atoms with Gasteiger partial charge in [0.15, 0.2) is 0 Å². The molecule has 1 N–H and O–H groups in total. The molecular weight excluding hydrogens is 456 g/mol. The summed E-state index contributed by atoms with van der Waals surface area (Å²) in [5.74, 6) is 0. The van der Waals surface area contributed by atoms with Crippen molar-refractivity contribution in [3.8, 4) is 11.1 Å². The van der Waals surface area contributed by atoms with Gasteiger partial charge in [0.25, 0.3) is 0 Å². The van der Waals surface area contributed by atoms with Crippen molar-refractivity contribution < 1.29 is 8.42 Å². The predicted octanol–water partition coefficient (Wildman–Crippen LogP) is 4.29. The molecule has 35 heavy (non-hydrogen) atoms. The van der Waals surface area contributed by atoms with Crippen LogP contribution in [0.5, 0.6) is 0 Å². The molecule has 1 aliphatic carbocycles. The van der Waals surface area contributed by atoms with E-state index in [0.717, 1.165) is 48.4 Å². The van der Waals surface area contributed by atoms with Crippen LogP contribution in [0, 0.1) is 0 Å². The third-order valence-corrected chi connectivity index (χ3v) is 8.42. The fraction of sp³-hybridized carbons (Fsp3) is 0.250. The smallest absolute Gasteiger partial charge is 0.211 e. The number of aromatic nitrogens is 2. The highest BCUT2D eigenvalue weighted by Crippen LogP contribution is 2.35. The lowest BCUT2D eigenvalue weighted by molar-refractivity contribution is 0.182. The van der Waals surface area contributed by atoms with E-state index in [9.17, 15) is 8.42 Å². The summed E-state index contributed by atoms with van der Waals surface area (Å²) in [6.07, 6.45) is 8.38. The summed E-state index contributed by atoms with van der Waals surface area (Å²) in [4.78, 5) is 10.4. The maximum Gasteiger partial charge on any atom is 0.211 e. The molecule has 1 aliphatic heterocycles. The molecule has 6 nitrogen and oxygen atoms in total. The van der Waals surface area contributed by atoms with Gasteiger partial charge in [-0.3, -0.25) is 9.88 Å². The lowest BCUT2D eigenvalue weighted by Crippen LogP contribution is -2.47. The lowest BCUT2D eigenvalue weighted by atomic mass is 9.97. The number of aromatic amines is 1. The Kier molecular flexibility index (Phi) is 5.56. The summed E-state index contributed by atoms with van der Waals surface area (Å²) < 4.78 is 25.0. The number of piperazine rings is 1. The van der Waals surface area contributed by atoms with Crippen LogP contribution >= 0.6 is 0 Å². The van der Waals surface area contributed by atoms with Gasteiger partial charge in [-0.15, -0.1) is 0 Å². The van der Waals surface area contributed by atoms with Gasteiger partial charge < -0.3 is 4.98 Å². The zero-order valence-electron chi connectivity index (χ0n) is 19.7. The van der Waals surface area contributed by atoms with Gasteiger partial charge >= 0.3 is 0 Å². The largest absolute Gasteiger partial charge is 0.361 e. The Morgan fingerprint density at radius 2 is 1.69 bits per heavy atom. The predicted molar refractivity (Wildman–Crippen MR) is 140 cm³/mol. The second-order valence-electron chi connectivity index (χ2n) is 9.45. The van der Waals surface area contributed by atoms with E-state index < -0.39 is 10.0 Å². The highest BCUT2D eigenvalue weighted by Gasteiger charge is 2.23. The molecule has 2 aromatic heterocycles. The molecule has 6 rings (SSSR count). The Labute approximate surface area is 206 Å². The van der Waals surface area contributed by atoms with E-state index in [4.69, 9.17) is 4.98 Å². The monoisotopic (exact) mass is 484 g/mol. The highest BCUT2D eigenvalue weighted by atomic mass is 32.2. The van der Waals surface area contributed by atoms with E-state index >= 15 is 0 Å². The SMILES string of the molecule is CS(=O)(=O)N1CCN(Cc2ccc(-c3cnc4c(c3)C(c3ccc5[nH]ccc5c3)=CC4)cc2)CC1. The lowest BCUT2D eigenvalue weighted by Gasteiger charge is -2.33. The minimum absolute atomic E-state index is 0.560. The summed E-state index contributed by atoms with van der Waals surface area (Å²) in [5, 5.41) is 1.22. The topological polar surface area (TPSA) is 69.3 Å². The highest BCUT2D eigenvalue weighted by molar-refractivity contribution is 7.88. The Bertz CT molecular complexity index is 1530. The Hall–Kier alpha value is -3.26. The number of nitrogens with zero attached hydrogens (tertiary/aromatic N) is 3. The molecule has 2 aliphatic rings. The standard InChI is InChI=1S/C28H28N4O2S/c1-35(33,34)32-14-12-31(13-15-32)19-20-2-4-21(5-3-20)24-17-26-25(7-9-28(26)30-18-24)22-6-8-27-23(16-22)10-11-29-27/h2-8,10-11,16-18,29H,9,12-15,19H2,1H3. The van der Waals surface area contributed by atoms with Crippen LogP contribution in [0.25, 0.3) is 27.6 Å². The molecule has 1 fully saturated rings. The molecule has 178 valence electrons. The van der Waals surface area contributed by atoms with Crippen molar-refractivity contribution in [1.29, 1.82) is 0 Å². The van der Waals surface area contributed by atoms with E-state index in [0.29, 0.717) is 13.1 Å². The molecule has 0 amide bonds. The van der Waals surface area contributed by atoms with Crippen molar-refractivity contribution in [3.63, 3.8) is 0 Å². The van der Waals surface area contributed by atoms with Crippen molar-refractivity contribution in [2.45, 2.75) is 13.0 Å². The van der Waals surface area contributed by atoms with Crippen LogP contribution < -0.4 is 0 Å². The Morgan fingerprint density at radius 1 is 0.914 bits per heavy atom. The van der Waals surface area contributed by atoms with E-state index in [1.54, 1.807) is 4.31 Å². The molecule has 2 aromatic carbocycles. The van der Waals surface area contributed by atoms with Gasteiger partial charge in [0, 0.05) is 68.2 Å². The molecule has 0 spiro atoms. The minimum Gasteiger partial charge on any atom is -0.361 e. The second kappa shape index (κ2) is 8.75. The van der Waals surface area contributed by atoms with Gasteiger partial charge in [-0.25, -0.2) is 8.42 Å². The molecular formula is C28H28N4O2S. The van der Waals surface area contributed by atoms with Crippen LogP contribution in [0.1, 0.15) is 22.4 Å². The van der Waals surface area contributed by atoms with Gasteiger partial charge in [0.05, 0.1) is 11.9 Å². The van der Waals surface area contributed by atoms with Gasteiger partial charge in [-0.1, -0.05) is 36.4 Å². The van der Waals surface area contributed by atoms with E-state index in [2.05, 4.69) is 70.6 Å². The van der Waals surface area contributed by atoms with Crippen molar-refractivity contribution in [1.82, 2.24) is 19.2 Å². The first-order chi connectivity index (χ1) is 16.9. The number of pyridine rings is 1.